The zero-order valence-corrected chi connectivity index (χ0v) is 14.3. The molecule has 1 saturated heterocycles. The first-order valence-electron chi connectivity index (χ1n) is 7.48. The van der Waals surface area contributed by atoms with Gasteiger partial charge in [-0.1, -0.05) is 6.92 Å². The first-order valence-corrected chi connectivity index (χ1v) is 7.48. The van der Waals surface area contributed by atoms with Gasteiger partial charge in [-0.3, -0.25) is 9.59 Å². The lowest BCUT2D eigenvalue weighted by atomic mass is 10.1. The van der Waals surface area contributed by atoms with Crippen LogP contribution in [0.3, 0.4) is 0 Å². The first kappa shape index (κ1) is 26.6. The quantitative estimate of drug-likeness (QED) is 0.101. The number of rotatable bonds is 9. The highest BCUT2D eigenvalue weighted by Crippen LogP contribution is 2.13. The van der Waals surface area contributed by atoms with Gasteiger partial charge in [0, 0.05) is 0 Å². The second kappa shape index (κ2) is 16.8. The van der Waals surface area contributed by atoms with Crippen molar-refractivity contribution < 1.29 is 59.2 Å². The van der Waals surface area contributed by atoms with Crippen molar-refractivity contribution in [1.29, 1.82) is 0 Å². The Balaban J connectivity index is 0. The maximum absolute atomic E-state index is 10.3. The largest absolute Gasteiger partial charge is 0.480 e. The Bertz CT molecular complexity index is 391. The molecule has 154 valence electrons. The molecule has 0 radical (unpaired) electrons. The molecular formula is C14H26O12. The number of esters is 2. The summed E-state index contributed by atoms with van der Waals surface area (Å²) in [7, 11) is 0. The van der Waals surface area contributed by atoms with E-state index in [0.717, 1.165) is 0 Å². The number of carboxylic acids is 1. The molecule has 1 rings (SSSR count). The molecule has 1 aliphatic rings. The van der Waals surface area contributed by atoms with Crippen molar-refractivity contribution >= 4 is 17.9 Å². The molecular weight excluding hydrogens is 360 g/mol. The molecule has 26 heavy (non-hydrogen) atoms. The fraction of sp³-hybridized carbons (Fsp3) is 0.786. The van der Waals surface area contributed by atoms with E-state index in [9.17, 15) is 14.4 Å². The Morgan fingerprint density at radius 2 is 1.69 bits per heavy atom. The van der Waals surface area contributed by atoms with Crippen molar-refractivity contribution in [3.8, 4) is 0 Å². The van der Waals surface area contributed by atoms with E-state index in [1.54, 1.807) is 6.92 Å². The standard InChI is InChI=1S/C6H12O6.C5H6O3.C3H8O3/c7-1-5(2-8)12-4-11-3-6(9)10;1-3-2-4(6)8-5(3)7;4-1-3(6)2-5/h5,7-8H,1-4H2,(H,9,10);3H,2H2,1H3;3-6H,1-2H2. The average Bonchev–Trinajstić information content (AvgIpc) is 2.90. The monoisotopic (exact) mass is 386 g/mol. The first-order chi connectivity index (χ1) is 12.2. The average molecular weight is 386 g/mol. The fourth-order valence-electron chi connectivity index (χ4n) is 1.08. The highest BCUT2D eigenvalue weighted by atomic mass is 16.7. The number of aliphatic carboxylic acids is 1. The number of hydrogen-bond donors (Lipinski definition) is 6. The van der Waals surface area contributed by atoms with Gasteiger partial charge in [-0.25, -0.2) is 4.79 Å². The lowest BCUT2D eigenvalue weighted by Crippen LogP contribution is -2.24. The minimum atomic E-state index is -1.09. The van der Waals surface area contributed by atoms with Crippen LogP contribution in [0.1, 0.15) is 13.3 Å². The molecule has 0 amide bonds. The third-order valence-corrected chi connectivity index (χ3v) is 2.53. The summed E-state index contributed by atoms with van der Waals surface area (Å²) in [6.07, 6.45) is -1.41. The normalized spacial score (nSPS) is 15.9. The molecule has 0 spiro atoms. The summed E-state index contributed by atoms with van der Waals surface area (Å²) in [5, 5.41) is 49.1. The van der Waals surface area contributed by atoms with E-state index in [0.29, 0.717) is 0 Å². The lowest BCUT2D eigenvalue weighted by Gasteiger charge is -2.11. The topological polar surface area (TPSA) is 200 Å². The van der Waals surface area contributed by atoms with Gasteiger partial charge in [0.05, 0.1) is 38.8 Å². The number of ether oxygens (including phenoxy) is 3. The smallest absolute Gasteiger partial charge is 0.329 e. The fourth-order valence-corrected chi connectivity index (χ4v) is 1.08. The lowest BCUT2D eigenvalue weighted by molar-refractivity contribution is -0.155. The molecule has 1 heterocycles. The Morgan fingerprint density at radius 1 is 1.15 bits per heavy atom. The van der Waals surface area contributed by atoms with Gasteiger partial charge >= 0.3 is 17.9 Å². The van der Waals surface area contributed by atoms with Crippen molar-refractivity contribution in [3.05, 3.63) is 0 Å². The number of carbonyl (C=O) groups is 3. The van der Waals surface area contributed by atoms with Crippen molar-refractivity contribution in [3.63, 3.8) is 0 Å². The second-order valence-electron chi connectivity index (χ2n) is 4.93. The SMILES string of the molecule is CC1CC(=O)OC1=O.O=C(O)COCOC(CO)CO.OCC(O)CO. The summed E-state index contributed by atoms with van der Waals surface area (Å²) in [6, 6.07) is 0. The maximum Gasteiger partial charge on any atom is 0.329 e. The molecule has 12 heteroatoms. The molecule has 0 bridgehead atoms. The highest BCUT2D eigenvalue weighted by Gasteiger charge is 2.28. The number of carboxylic acid groups (broad SMARTS) is 1. The summed E-state index contributed by atoms with van der Waals surface area (Å²) in [5.41, 5.74) is 0. The van der Waals surface area contributed by atoms with Gasteiger partial charge in [0.2, 0.25) is 0 Å². The molecule has 1 atom stereocenters. The van der Waals surface area contributed by atoms with Crippen LogP contribution in [-0.2, 0) is 28.6 Å². The molecule has 1 aliphatic heterocycles. The molecule has 1 fully saturated rings. The third-order valence-electron chi connectivity index (χ3n) is 2.53. The minimum Gasteiger partial charge on any atom is -0.480 e. The molecule has 0 aromatic carbocycles. The molecule has 0 aromatic rings. The van der Waals surface area contributed by atoms with Crippen molar-refractivity contribution in [2.24, 2.45) is 5.92 Å². The highest BCUT2D eigenvalue weighted by molar-refractivity contribution is 5.94. The predicted molar refractivity (Wildman–Crippen MR) is 82.6 cm³/mol. The van der Waals surface area contributed by atoms with E-state index in [2.05, 4.69) is 9.47 Å². The van der Waals surface area contributed by atoms with Crippen LogP contribution in [0.5, 0.6) is 0 Å². The molecule has 0 saturated carbocycles. The maximum atomic E-state index is 10.3. The summed E-state index contributed by atoms with van der Waals surface area (Å²) in [6.45, 7) is -0.415. The van der Waals surface area contributed by atoms with Gasteiger partial charge in [0.25, 0.3) is 0 Å². The van der Waals surface area contributed by atoms with Crippen LogP contribution in [0.2, 0.25) is 0 Å². The molecule has 6 N–H and O–H groups in total. The number of hydrogen-bond acceptors (Lipinski definition) is 11. The zero-order valence-electron chi connectivity index (χ0n) is 14.3. The third kappa shape index (κ3) is 15.8. The van der Waals surface area contributed by atoms with Gasteiger partial charge in [0.1, 0.15) is 25.6 Å². The van der Waals surface area contributed by atoms with E-state index in [-0.39, 0.29) is 45.6 Å². The van der Waals surface area contributed by atoms with E-state index in [1.807, 2.05) is 0 Å². The van der Waals surface area contributed by atoms with Crippen LogP contribution < -0.4 is 0 Å². The van der Waals surface area contributed by atoms with Gasteiger partial charge in [-0.15, -0.1) is 0 Å². The van der Waals surface area contributed by atoms with E-state index < -0.39 is 36.7 Å². The summed E-state index contributed by atoms with van der Waals surface area (Å²) in [4.78, 5) is 30.5. The number of cyclic esters (lactones) is 2. The summed E-state index contributed by atoms with van der Waals surface area (Å²) < 4.78 is 13.4. The van der Waals surface area contributed by atoms with Crippen molar-refractivity contribution in [2.75, 3.05) is 39.8 Å². The van der Waals surface area contributed by atoms with Gasteiger partial charge in [-0.2, -0.15) is 0 Å². The van der Waals surface area contributed by atoms with E-state index in [4.69, 9.17) is 35.4 Å². The summed E-state index contributed by atoms with van der Waals surface area (Å²) >= 11 is 0. The molecule has 12 nitrogen and oxygen atoms in total. The Kier molecular flexibility index (Phi) is 17.1. The van der Waals surface area contributed by atoms with Crippen LogP contribution in [0, 0.1) is 5.92 Å². The van der Waals surface area contributed by atoms with Crippen LogP contribution in [0.4, 0.5) is 0 Å². The predicted octanol–water partition coefficient (Wildman–Crippen LogP) is -3.16. The van der Waals surface area contributed by atoms with Gasteiger partial charge in [-0.05, 0) is 0 Å². The van der Waals surface area contributed by atoms with Crippen molar-refractivity contribution in [2.45, 2.75) is 25.6 Å². The zero-order chi connectivity index (χ0) is 20.5. The van der Waals surface area contributed by atoms with Crippen LogP contribution in [0.25, 0.3) is 0 Å². The molecule has 0 aliphatic carbocycles. The number of aliphatic hydroxyl groups is 5. The molecule has 0 aromatic heterocycles. The number of aliphatic hydroxyl groups excluding tert-OH is 5. The Morgan fingerprint density at radius 3 is 1.92 bits per heavy atom. The summed E-state index contributed by atoms with van der Waals surface area (Å²) in [5.74, 6) is -2.11. The van der Waals surface area contributed by atoms with Gasteiger partial charge in [0.15, 0.2) is 0 Å². The second-order valence-corrected chi connectivity index (χ2v) is 4.93. The van der Waals surface area contributed by atoms with Gasteiger partial charge < -0.3 is 44.8 Å². The Hall–Kier alpha value is -1.67. The van der Waals surface area contributed by atoms with Crippen LogP contribution in [0.15, 0.2) is 0 Å². The van der Waals surface area contributed by atoms with Crippen molar-refractivity contribution in [1.82, 2.24) is 0 Å². The molecule has 1 unspecified atom stereocenters. The number of carbonyl (C=O) groups excluding carboxylic acids is 2. The van der Waals surface area contributed by atoms with E-state index >= 15 is 0 Å². The Labute approximate surface area is 149 Å². The van der Waals surface area contributed by atoms with E-state index in [1.165, 1.54) is 0 Å². The van der Waals surface area contributed by atoms with Crippen LogP contribution >= 0.6 is 0 Å². The minimum absolute atomic E-state index is 0.220. The van der Waals surface area contributed by atoms with Crippen LogP contribution in [-0.4, -0.2) is 101 Å².